The molecular formula is C27H31F2N4O5+. The molecule has 0 amide bonds. The first-order valence-corrected chi connectivity index (χ1v) is 12.6. The molecular weight excluding hydrogens is 498 g/mol. The Kier molecular flexibility index (Phi) is 7.06. The van der Waals surface area contributed by atoms with Gasteiger partial charge in [0.2, 0.25) is 5.78 Å². The number of halogens is 2. The van der Waals surface area contributed by atoms with Crippen molar-refractivity contribution in [2.24, 2.45) is 0 Å². The van der Waals surface area contributed by atoms with E-state index in [1.165, 1.54) is 18.2 Å². The molecule has 0 aliphatic carbocycles. The van der Waals surface area contributed by atoms with Gasteiger partial charge in [-0.1, -0.05) is 12.1 Å². The largest absolute Gasteiger partial charge is 0.508 e. The molecule has 0 saturated carbocycles. The molecule has 1 unspecified atom stereocenters. The number of phenolic OH excluding ortho intramolecular Hbond substituents is 1. The number of aromatic hydroxyl groups is 1. The first kappa shape index (κ1) is 26.1. The number of methoxy groups -OCH3 is 1. The molecule has 3 heterocycles. The number of ether oxygens (including phenoxy) is 2. The maximum absolute atomic E-state index is 13.9. The van der Waals surface area contributed by atoms with Crippen LogP contribution in [0.3, 0.4) is 0 Å². The number of fused-ring (bicyclic) bond motifs is 4. The minimum atomic E-state index is -2.97. The van der Waals surface area contributed by atoms with Crippen molar-refractivity contribution in [2.75, 3.05) is 26.8 Å². The van der Waals surface area contributed by atoms with Crippen LogP contribution >= 0.6 is 0 Å². The highest BCUT2D eigenvalue weighted by Gasteiger charge is 2.67. The normalized spacial score (nSPS) is 22.8. The number of ketones is 1. The third-order valence-corrected chi connectivity index (χ3v) is 7.49. The van der Waals surface area contributed by atoms with Crippen LogP contribution in [0.2, 0.25) is 0 Å². The fourth-order valence-electron chi connectivity index (χ4n) is 5.78. The van der Waals surface area contributed by atoms with Gasteiger partial charge in [0.1, 0.15) is 16.4 Å². The van der Waals surface area contributed by atoms with Crippen molar-refractivity contribution in [3.05, 3.63) is 64.2 Å². The number of aromatic amines is 1. The summed E-state index contributed by atoms with van der Waals surface area (Å²) in [6, 6.07) is 9.65. The Bertz CT molecular complexity index is 1360. The molecule has 9 nitrogen and oxygen atoms in total. The van der Waals surface area contributed by atoms with Crippen LogP contribution in [0.25, 0.3) is 10.9 Å². The molecule has 2 aliphatic heterocycles. The average molecular weight is 530 g/mol. The highest BCUT2D eigenvalue weighted by atomic mass is 19.3. The van der Waals surface area contributed by atoms with E-state index in [0.717, 1.165) is 10.4 Å². The van der Waals surface area contributed by atoms with E-state index >= 15 is 0 Å². The Morgan fingerprint density at radius 3 is 2.82 bits per heavy atom. The van der Waals surface area contributed by atoms with E-state index in [2.05, 4.69) is 15.0 Å². The third-order valence-electron chi connectivity index (χ3n) is 7.49. The van der Waals surface area contributed by atoms with Crippen LogP contribution in [-0.4, -0.2) is 70.8 Å². The number of carbonyl (C=O) groups is 1. The van der Waals surface area contributed by atoms with Gasteiger partial charge in [-0.25, -0.2) is 0 Å². The SMILES string of the molecule is COCCNCCCC1C(=O)[C@]2(C)Cc3c([nH]c4ccc(OC(F)F)cc34)[C@@H](c3cccc(O)c3)N2[N+]1=O. The second-order valence-electron chi connectivity index (χ2n) is 9.96. The standard InChI is InChI=1S/C27H30F2N4O5/c1-27-15-20-19-14-18(38-26(28)29)8-9-21(19)31-23(20)24(16-5-3-6-17(34)13-16)32(27)33(36)22(25(27)35)7-4-10-30-11-12-37-2/h3,5-6,8-9,13-14,22,24,26,30-31H,4,7,10-12,15H2,1-2H3/p+1/t22?,24-,27+/m1/s1. The molecule has 5 rings (SSSR count). The fraction of sp³-hybridized carbons (Fsp3) is 0.444. The van der Waals surface area contributed by atoms with E-state index in [9.17, 15) is 23.6 Å². The van der Waals surface area contributed by atoms with Crippen LogP contribution in [0.1, 0.15) is 42.6 Å². The first-order valence-electron chi connectivity index (χ1n) is 12.6. The molecule has 2 aliphatic rings. The second kappa shape index (κ2) is 10.3. The molecule has 0 spiro atoms. The number of Topliss-reactive ketones (excluding diaryl/α,β-unsaturated/α-hetero) is 1. The number of hydrazine groups is 1. The summed E-state index contributed by atoms with van der Waals surface area (Å²) in [6.45, 7) is 0.686. The summed E-state index contributed by atoms with van der Waals surface area (Å²) < 4.78 is 35.5. The van der Waals surface area contributed by atoms with Crippen LogP contribution in [0.5, 0.6) is 11.5 Å². The number of nitroso groups, excluding NO2 is 1. The zero-order valence-corrected chi connectivity index (χ0v) is 21.2. The Labute approximate surface area is 218 Å². The van der Waals surface area contributed by atoms with Gasteiger partial charge >= 0.3 is 6.61 Å². The maximum Gasteiger partial charge on any atom is 0.387 e. The summed E-state index contributed by atoms with van der Waals surface area (Å²) in [7, 11) is 1.62. The predicted molar refractivity (Wildman–Crippen MR) is 135 cm³/mol. The van der Waals surface area contributed by atoms with E-state index in [1.54, 1.807) is 43.3 Å². The van der Waals surface area contributed by atoms with Gasteiger partial charge in [0.25, 0.3) is 6.04 Å². The van der Waals surface area contributed by atoms with Gasteiger partial charge in [-0.3, -0.25) is 4.79 Å². The van der Waals surface area contributed by atoms with Crippen LogP contribution in [0, 0.1) is 4.91 Å². The number of aromatic nitrogens is 1. The summed E-state index contributed by atoms with van der Waals surface area (Å²) >= 11 is 0. The van der Waals surface area contributed by atoms with Gasteiger partial charge in [-0.2, -0.15) is 8.78 Å². The lowest BCUT2D eigenvalue weighted by atomic mass is 9.79. The number of rotatable bonds is 10. The van der Waals surface area contributed by atoms with Crippen molar-refractivity contribution >= 4 is 16.7 Å². The summed E-state index contributed by atoms with van der Waals surface area (Å²) in [5.41, 5.74) is 1.56. The van der Waals surface area contributed by atoms with E-state index in [4.69, 9.17) is 4.74 Å². The second-order valence-corrected chi connectivity index (χ2v) is 9.96. The molecule has 0 bridgehead atoms. The summed E-state index contributed by atoms with van der Waals surface area (Å²) in [4.78, 5) is 31.8. The summed E-state index contributed by atoms with van der Waals surface area (Å²) in [6.07, 6.45) is 1.22. The van der Waals surface area contributed by atoms with Crippen molar-refractivity contribution < 1.29 is 33.0 Å². The minimum absolute atomic E-state index is 0.0119. The number of benzene rings is 2. The number of carbonyl (C=O) groups excluding carboxylic acids is 1. The number of hydrogen-bond acceptors (Lipinski definition) is 6. The van der Waals surface area contributed by atoms with E-state index in [1.807, 2.05) is 0 Å². The molecule has 1 aromatic heterocycles. The molecule has 11 heteroatoms. The molecule has 202 valence electrons. The number of phenols is 1. The van der Waals surface area contributed by atoms with Gasteiger partial charge in [0.05, 0.1) is 17.2 Å². The predicted octanol–water partition coefficient (Wildman–Crippen LogP) is 3.84. The van der Waals surface area contributed by atoms with E-state index in [-0.39, 0.29) is 23.7 Å². The number of H-pyrrole nitrogens is 1. The third kappa shape index (κ3) is 4.49. The van der Waals surface area contributed by atoms with Crippen molar-refractivity contribution in [2.45, 2.75) is 50.4 Å². The average Bonchev–Trinajstić information content (AvgIpc) is 3.31. The van der Waals surface area contributed by atoms with Gasteiger partial charge in [0, 0.05) is 37.4 Å². The minimum Gasteiger partial charge on any atom is -0.508 e. The zero-order valence-electron chi connectivity index (χ0n) is 21.2. The van der Waals surface area contributed by atoms with Crippen molar-refractivity contribution in [3.63, 3.8) is 0 Å². The van der Waals surface area contributed by atoms with E-state index in [0.29, 0.717) is 54.7 Å². The van der Waals surface area contributed by atoms with Gasteiger partial charge in [-0.15, -0.1) is 5.01 Å². The Hall–Kier alpha value is -3.57. The van der Waals surface area contributed by atoms with Crippen LogP contribution < -0.4 is 10.1 Å². The Morgan fingerprint density at radius 2 is 2.08 bits per heavy atom. The molecule has 0 radical (unpaired) electrons. The van der Waals surface area contributed by atoms with Gasteiger partial charge in [0.15, 0.2) is 11.6 Å². The van der Waals surface area contributed by atoms with Gasteiger partial charge in [-0.05, 0) is 61.3 Å². The monoisotopic (exact) mass is 529 g/mol. The molecule has 1 fully saturated rings. The molecule has 3 atom stereocenters. The smallest absolute Gasteiger partial charge is 0.387 e. The zero-order chi connectivity index (χ0) is 27.0. The number of alkyl halides is 2. The molecule has 3 aromatic rings. The van der Waals surface area contributed by atoms with Crippen molar-refractivity contribution in [1.29, 1.82) is 0 Å². The number of nitrogens with zero attached hydrogens (tertiary/aromatic N) is 2. The molecule has 1 saturated heterocycles. The molecule has 38 heavy (non-hydrogen) atoms. The lowest BCUT2D eigenvalue weighted by Gasteiger charge is -2.37. The molecule has 2 aromatic carbocycles. The quantitative estimate of drug-likeness (QED) is 0.271. The van der Waals surface area contributed by atoms with Gasteiger partial charge < -0.3 is 24.9 Å². The van der Waals surface area contributed by atoms with Crippen LogP contribution in [0.15, 0.2) is 42.5 Å². The number of hydrogen-bond donors (Lipinski definition) is 3. The van der Waals surface area contributed by atoms with Crippen LogP contribution in [0.4, 0.5) is 8.78 Å². The van der Waals surface area contributed by atoms with Crippen molar-refractivity contribution in [1.82, 2.24) is 15.3 Å². The lowest BCUT2D eigenvalue weighted by molar-refractivity contribution is -0.727. The van der Waals surface area contributed by atoms with Crippen molar-refractivity contribution in [3.8, 4) is 11.5 Å². The Morgan fingerprint density at radius 1 is 1.26 bits per heavy atom. The van der Waals surface area contributed by atoms with Crippen LogP contribution in [-0.2, 0) is 16.0 Å². The highest BCUT2D eigenvalue weighted by Crippen LogP contribution is 2.49. The maximum atomic E-state index is 13.9. The number of nitrogens with one attached hydrogen (secondary N) is 2. The Balaban J connectivity index is 1.55. The topological polar surface area (TPSA) is 107 Å². The highest BCUT2D eigenvalue weighted by molar-refractivity contribution is 5.95. The van der Waals surface area contributed by atoms with E-state index < -0.39 is 24.2 Å². The summed E-state index contributed by atoms with van der Waals surface area (Å²) in [5.74, 6) is -0.144. The lowest BCUT2D eigenvalue weighted by Crippen LogP contribution is -2.54. The first-order chi connectivity index (χ1) is 18.2. The summed E-state index contributed by atoms with van der Waals surface area (Å²) in [5, 5.41) is 15.7. The molecule has 3 N–H and O–H groups in total. The fourth-order valence-corrected chi connectivity index (χ4v) is 5.78.